The largest absolute Gasteiger partial charge is 0.497 e. The molecule has 0 radical (unpaired) electrons. The molecule has 3 aliphatic heterocycles. The third-order valence-corrected chi connectivity index (χ3v) is 17.8. The first kappa shape index (κ1) is 64.1. The van der Waals surface area contributed by atoms with Crippen LogP contribution in [0.5, 0.6) is 5.75 Å². The van der Waals surface area contributed by atoms with Crippen LogP contribution >= 0.6 is 68.8 Å². The van der Waals surface area contributed by atoms with Gasteiger partial charge in [-0.2, -0.15) is 21.0 Å². The van der Waals surface area contributed by atoms with E-state index in [0.29, 0.717) is 54.3 Å². The number of guanidine groups is 3. The second-order valence-corrected chi connectivity index (χ2v) is 23.9. The third kappa shape index (κ3) is 17.3. The third-order valence-electron chi connectivity index (χ3n) is 13.7. The Morgan fingerprint density at radius 3 is 1.22 bits per heavy atom. The van der Waals surface area contributed by atoms with Crippen LogP contribution in [0.3, 0.4) is 0 Å². The lowest BCUT2D eigenvalue weighted by Crippen LogP contribution is -2.48. The molecule has 3 aromatic heterocycles. The van der Waals surface area contributed by atoms with Gasteiger partial charge in [0.1, 0.15) is 5.75 Å². The molecular weight excluding hydrogens is 1240 g/mol. The lowest BCUT2D eigenvalue weighted by Gasteiger charge is -2.31. The van der Waals surface area contributed by atoms with Gasteiger partial charge in [0, 0.05) is 50.2 Å². The normalized spacial score (nSPS) is 15.5. The van der Waals surface area contributed by atoms with Gasteiger partial charge in [-0.25, -0.2) is 29.9 Å². The highest BCUT2D eigenvalue weighted by Gasteiger charge is 2.30. The van der Waals surface area contributed by atoms with Crippen LogP contribution in [-0.2, 0) is 19.3 Å². The number of methoxy groups -OCH3 is 1. The number of aromatic nitrogens is 3. The topological polar surface area (TPSA) is 226 Å². The van der Waals surface area contributed by atoms with Crippen LogP contribution in [0.15, 0.2) is 191 Å². The van der Waals surface area contributed by atoms with Crippen molar-refractivity contribution in [2.45, 2.75) is 63.6 Å². The Morgan fingerprint density at radius 1 is 0.472 bits per heavy atom. The molecule has 0 spiro atoms. The van der Waals surface area contributed by atoms with Crippen molar-refractivity contribution in [3.8, 4) is 30.0 Å². The molecule has 3 aliphatic rings. The second-order valence-electron chi connectivity index (χ2n) is 19.7. The average Bonchev–Trinajstić information content (AvgIpc) is 3.58. The quantitative estimate of drug-likeness (QED) is 0.0818. The van der Waals surface area contributed by atoms with Crippen molar-refractivity contribution in [3.05, 3.63) is 208 Å². The molecule has 0 aliphatic carbocycles. The molecule has 12 rings (SSSR count). The van der Waals surface area contributed by atoms with E-state index in [1.165, 1.54) is 12.5 Å². The minimum Gasteiger partial charge on any atom is -0.497 e. The number of nitrogens with zero attached hydrogens (tertiary/aromatic N) is 13. The van der Waals surface area contributed by atoms with Crippen molar-refractivity contribution in [3.63, 3.8) is 0 Å². The molecule has 0 saturated heterocycles. The van der Waals surface area contributed by atoms with Crippen molar-refractivity contribution >= 4 is 133 Å². The minimum absolute atomic E-state index is 0.0958. The molecule has 9 aromatic rings. The van der Waals surface area contributed by atoms with Gasteiger partial charge >= 0.3 is 0 Å². The number of para-hydroxylation sites is 3. The fourth-order valence-corrected chi connectivity index (χ4v) is 13.0. The van der Waals surface area contributed by atoms with Crippen molar-refractivity contribution in [1.82, 2.24) is 30.9 Å². The SMILES string of the molecule is CC#N.COc1ccc(CCNC2=NC=CC(CC#N)N2c2nc3ccccc3s2)cc1.N#CCC1C=CN=C(NCCc2ccc(Cl)c(Cl)c2)N1c1nc2ccccc2s1.N#CCC1C=CN=C(NCCc2cccc(Cl)c2)N1c1nc2ccccc2s1. The van der Waals surface area contributed by atoms with E-state index in [1.807, 2.05) is 136 Å². The molecule has 448 valence electrons. The maximum Gasteiger partial charge on any atom is 0.205 e. The number of nitriles is 4. The molecule has 3 unspecified atom stereocenters. The number of anilines is 3. The van der Waals surface area contributed by atoms with Gasteiger partial charge in [-0.05, 0) is 127 Å². The first-order valence-corrected chi connectivity index (χ1v) is 31.8. The zero-order chi connectivity index (χ0) is 62.3. The highest BCUT2D eigenvalue weighted by Crippen LogP contribution is 2.35. The van der Waals surface area contributed by atoms with E-state index in [4.69, 9.17) is 59.8 Å². The molecule has 0 bridgehead atoms. The van der Waals surface area contributed by atoms with Crippen LogP contribution < -0.4 is 35.4 Å². The van der Waals surface area contributed by atoms with E-state index in [0.717, 1.165) is 99.7 Å². The maximum absolute atomic E-state index is 9.28. The number of benzene rings is 6. The van der Waals surface area contributed by atoms with E-state index in [2.05, 4.69) is 79.5 Å². The number of aliphatic imine (C=N–C) groups is 3. The summed E-state index contributed by atoms with van der Waals surface area (Å²) in [7, 11) is 1.67. The smallest absolute Gasteiger partial charge is 0.205 e. The van der Waals surface area contributed by atoms with Crippen LogP contribution in [0.2, 0.25) is 15.1 Å². The molecule has 23 heteroatoms. The Balaban J connectivity index is 0.000000155. The molecule has 6 aromatic carbocycles. The molecule has 3 atom stereocenters. The van der Waals surface area contributed by atoms with Crippen LogP contribution in [0.1, 0.15) is 42.9 Å². The number of fused-ring (bicyclic) bond motifs is 3. The van der Waals surface area contributed by atoms with Gasteiger partial charge in [-0.1, -0.05) is 136 Å². The standard InChI is InChI=1S/C22H21N5OS.C21H17Cl2N5S.C21H18ClN5S.C2H3N/c1-28-18-8-6-16(7-9-18)11-14-24-21-25-15-12-17(10-13-23)27(21)22-26-19-4-2-3-5-20(19)29-22;22-16-6-5-14(13-17(16)23)8-11-25-20-26-12-9-15(7-10-24)28(20)21-27-18-3-1-2-4-19(18)29-21;22-16-5-3-4-15(14-16)9-12-24-20-25-13-10-17(8-11-23)27(20)21-26-18-6-1-2-7-19(18)28-21;1-2-3/h2-9,12,15,17H,10-11,14H2,1H3,(H,24,25);1-6,9,12-13,15H,7-8,11H2,(H,25,26);1-7,10,13-14,17H,8-9,12H2,(H,24,25);1H3. The van der Waals surface area contributed by atoms with E-state index in [1.54, 1.807) is 71.9 Å². The Kier molecular flexibility index (Phi) is 23.5. The van der Waals surface area contributed by atoms with Crippen molar-refractivity contribution in [1.29, 1.82) is 21.0 Å². The molecule has 89 heavy (non-hydrogen) atoms. The predicted molar refractivity (Wildman–Crippen MR) is 365 cm³/mol. The summed E-state index contributed by atoms with van der Waals surface area (Å²) in [5.41, 5.74) is 6.30. The van der Waals surface area contributed by atoms with E-state index < -0.39 is 0 Å². The molecule has 6 heterocycles. The summed E-state index contributed by atoms with van der Waals surface area (Å²) in [6, 6.07) is 53.9. The average molecular weight is 1290 g/mol. The van der Waals surface area contributed by atoms with Crippen LogP contribution in [0, 0.1) is 45.3 Å². The summed E-state index contributed by atoms with van der Waals surface area (Å²) in [5, 5.41) is 49.7. The molecule has 3 N–H and O–H groups in total. The van der Waals surface area contributed by atoms with Crippen molar-refractivity contribution in [2.24, 2.45) is 15.0 Å². The number of ether oxygens (including phenoxy) is 1. The van der Waals surface area contributed by atoms with E-state index >= 15 is 0 Å². The number of thiazole rings is 3. The monoisotopic (exact) mass is 1290 g/mol. The maximum atomic E-state index is 9.28. The van der Waals surface area contributed by atoms with Gasteiger partial charge in [0.05, 0.1) is 109 Å². The summed E-state index contributed by atoms with van der Waals surface area (Å²) in [5.74, 6) is 2.97. The van der Waals surface area contributed by atoms with Gasteiger partial charge in [-0.15, -0.1) is 0 Å². The Bertz CT molecular complexity index is 4140. The summed E-state index contributed by atoms with van der Waals surface area (Å²) < 4.78 is 8.54. The fourth-order valence-electron chi connectivity index (χ4n) is 9.43. The fraction of sp³-hybridized carbons (Fsp3) is 0.212. The highest BCUT2D eigenvalue weighted by molar-refractivity contribution is 7.23. The van der Waals surface area contributed by atoms with Crippen molar-refractivity contribution < 1.29 is 4.74 Å². The molecule has 0 fully saturated rings. The number of rotatable bonds is 16. The number of hydrogen-bond donors (Lipinski definition) is 3. The molecule has 17 nitrogen and oxygen atoms in total. The predicted octanol–water partition coefficient (Wildman–Crippen LogP) is 14.8. The van der Waals surface area contributed by atoms with Crippen molar-refractivity contribution in [2.75, 3.05) is 41.4 Å². The Labute approximate surface area is 543 Å². The molecule has 0 saturated carbocycles. The second kappa shape index (κ2) is 32.6. The summed E-state index contributed by atoms with van der Waals surface area (Å²) in [6.45, 7) is 3.51. The van der Waals surface area contributed by atoms with Gasteiger partial charge in [0.15, 0.2) is 15.4 Å². The lowest BCUT2D eigenvalue weighted by atomic mass is 10.1. The first-order chi connectivity index (χ1) is 43.6. The number of hydrogen-bond acceptors (Lipinski definition) is 20. The minimum atomic E-state index is -0.120. The molecule has 0 amide bonds. The summed E-state index contributed by atoms with van der Waals surface area (Å²) >= 11 is 23.0. The van der Waals surface area contributed by atoms with Gasteiger partial charge in [-0.3, -0.25) is 14.7 Å². The number of halogens is 3. The van der Waals surface area contributed by atoms with E-state index in [-0.39, 0.29) is 18.1 Å². The Hall–Kier alpha value is -9.35. The summed E-state index contributed by atoms with van der Waals surface area (Å²) in [6.07, 6.45) is 14.6. The highest BCUT2D eigenvalue weighted by atomic mass is 35.5. The van der Waals surface area contributed by atoms with Crippen LogP contribution in [0.4, 0.5) is 15.4 Å². The van der Waals surface area contributed by atoms with Crippen LogP contribution in [0.25, 0.3) is 30.6 Å². The Morgan fingerprint density at radius 2 is 0.854 bits per heavy atom. The van der Waals surface area contributed by atoms with Gasteiger partial charge in [0.25, 0.3) is 0 Å². The van der Waals surface area contributed by atoms with Gasteiger partial charge < -0.3 is 20.7 Å². The first-order valence-electron chi connectivity index (χ1n) is 28.2. The van der Waals surface area contributed by atoms with Gasteiger partial charge in [0.2, 0.25) is 17.9 Å². The summed E-state index contributed by atoms with van der Waals surface area (Å²) in [4.78, 5) is 33.9. The van der Waals surface area contributed by atoms with E-state index in [9.17, 15) is 15.8 Å². The van der Waals surface area contributed by atoms with Crippen LogP contribution in [-0.4, -0.2) is 77.7 Å². The number of nitrogens with one attached hydrogen (secondary N) is 3. The molecular formula is C66H59Cl3N16OS3. The zero-order valence-corrected chi connectivity index (χ0v) is 53.1. The zero-order valence-electron chi connectivity index (χ0n) is 48.4. The lowest BCUT2D eigenvalue weighted by molar-refractivity contribution is 0.414.